The summed E-state index contributed by atoms with van der Waals surface area (Å²) in [7, 11) is 0. The average Bonchev–Trinajstić information content (AvgIpc) is 2.93. The normalized spacial score (nSPS) is 15.7. The molecule has 4 rings (SSSR count). The van der Waals surface area contributed by atoms with Crippen LogP contribution in [0.2, 0.25) is 0 Å². The standard InChI is InChI=1S/C32H41NO2.HNO3/c1-31(2,3)26-18-16-25(17-19-26)30(34)15-10-22-33-23-20-29(21-24-33)32(35,27-11-6-4-7-12-27)28-13-8-5-9-14-28;2-1(3)4/h4-9,11-14,16-19,29-30,34-35H,10,15,20-24H2,1-3H3;(H,2,3,4)/t30-;/m1./s1. The Morgan fingerprint density at radius 3 is 1.77 bits per heavy atom. The van der Waals surface area contributed by atoms with E-state index in [4.69, 9.17) is 15.3 Å². The highest BCUT2D eigenvalue weighted by Gasteiger charge is 2.41. The number of nitrogens with zero attached hydrogens (tertiary/aromatic N) is 2. The van der Waals surface area contributed by atoms with Crippen LogP contribution in [0.4, 0.5) is 0 Å². The number of hydrogen-bond acceptors (Lipinski definition) is 5. The van der Waals surface area contributed by atoms with E-state index in [1.54, 1.807) is 0 Å². The number of benzene rings is 3. The summed E-state index contributed by atoms with van der Waals surface area (Å²) in [6.07, 6.45) is 3.23. The third kappa shape index (κ3) is 8.36. The molecule has 0 spiro atoms. The molecule has 7 nitrogen and oxygen atoms in total. The molecule has 210 valence electrons. The fourth-order valence-electron chi connectivity index (χ4n) is 5.48. The van der Waals surface area contributed by atoms with Gasteiger partial charge in [0.2, 0.25) is 0 Å². The highest BCUT2D eigenvalue weighted by Crippen LogP contribution is 2.42. The van der Waals surface area contributed by atoms with E-state index < -0.39 is 16.8 Å². The lowest BCUT2D eigenvalue weighted by molar-refractivity contribution is -0.742. The van der Waals surface area contributed by atoms with Crippen molar-refractivity contribution in [3.05, 3.63) is 117 Å². The average molecular weight is 535 g/mol. The Bertz CT molecular complexity index is 1100. The Hall–Kier alpha value is -3.26. The number of rotatable bonds is 8. The first-order valence-corrected chi connectivity index (χ1v) is 13.7. The molecule has 0 unspecified atom stereocenters. The number of hydrogen-bond donors (Lipinski definition) is 3. The molecule has 3 aromatic rings. The van der Waals surface area contributed by atoms with Gasteiger partial charge in [-0.2, -0.15) is 0 Å². The Labute approximate surface area is 231 Å². The van der Waals surface area contributed by atoms with Crippen LogP contribution >= 0.6 is 0 Å². The summed E-state index contributed by atoms with van der Waals surface area (Å²) in [5, 5.41) is 36.4. The monoisotopic (exact) mass is 534 g/mol. The minimum Gasteiger partial charge on any atom is -0.388 e. The first-order chi connectivity index (χ1) is 18.5. The molecule has 0 amide bonds. The fourth-order valence-corrected chi connectivity index (χ4v) is 5.48. The summed E-state index contributed by atoms with van der Waals surface area (Å²) in [6, 6.07) is 28.7. The number of piperidine rings is 1. The second kappa shape index (κ2) is 13.7. The second-order valence-corrected chi connectivity index (χ2v) is 11.4. The summed E-state index contributed by atoms with van der Waals surface area (Å²) < 4.78 is 0. The molecule has 1 aliphatic rings. The molecule has 1 saturated heterocycles. The van der Waals surface area contributed by atoms with E-state index in [1.807, 2.05) is 36.4 Å². The zero-order chi connectivity index (χ0) is 28.5. The van der Waals surface area contributed by atoms with Crippen molar-refractivity contribution in [3.63, 3.8) is 0 Å². The lowest BCUT2D eigenvalue weighted by Gasteiger charge is -2.42. The Morgan fingerprint density at radius 2 is 1.33 bits per heavy atom. The van der Waals surface area contributed by atoms with Crippen LogP contribution in [0.25, 0.3) is 0 Å². The van der Waals surface area contributed by atoms with Crippen LogP contribution < -0.4 is 0 Å². The van der Waals surface area contributed by atoms with Gasteiger partial charge in [-0.15, -0.1) is 10.1 Å². The maximum Gasteiger partial charge on any atom is 0.291 e. The molecule has 0 radical (unpaired) electrons. The Kier molecular flexibility index (Phi) is 10.6. The molecule has 0 aliphatic carbocycles. The van der Waals surface area contributed by atoms with Crippen LogP contribution in [-0.4, -0.2) is 45.0 Å². The molecule has 7 heteroatoms. The number of aliphatic hydroxyl groups excluding tert-OH is 1. The lowest BCUT2D eigenvalue weighted by atomic mass is 9.72. The van der Waals surface area contributed by atoms with Crippen LogP contribution in [0.1, 0.15) is 74.8 Å². The van der Waals surface area contributed by atoms with Crippen molar-refractivity contribution in [3.8, 4) is 0 Å². The lowest BCUT2D eigenvalue weighted by Crippen LogP contribution is -2.44. The maximum atomic E-state index is 12.1. The number of likely N-dealkylation sites (tertiary alicyclic amines) is 1. The van der Waals surface area contributed by atoms with Crippen LogP contribution in [0.15, 0.2) is 84.9 Å². The molecule has 0 saturated carbocycles. The van der Waals surface area contributed by atoms with Gasteiger partial charge >= 0.3 is 0 Å². The van der Waals surface area contributed by atoms with Crippen molar-refractivity contribution in [1.29, 1.82) is 0 Å². The van der Waals surface area contributed by atoms with E-state index in [2.05, 4.69) is 74.2 Å². The van der Waals surface area contributed by atoms with Crippen molar-refractivity contribution in [1.82, 2.24) is 4.90 Å². The van der Waals surface area contributed by atoms with Gasteiger partial charge in [0.15, 0.2) is 0 Å². The molecule has 0 bridgehead atoms. The maximum absolute atomic E-state index is 12.1. The fraction of sp³-hybridized carbons (Fsp3) is 0.438. The largest absolute Gasteiger partial charge is 0.388 e. The smallest absolute Gasteiger partial charge is 0.291 e. The third-order valence-corrected chi connectivity index (χ3v) is 7.72. The summed E-state index contributed by atoms with van der Waals surface area (Å²) in [4.78, 5) is 10.8. The second-order valence-electron chi connectivity index (χ2n) is 11.4. The van der Waals surface area contributed by atoms with Crippen molar-refractivity contribution in [2.75, 3.05) is 19.6 Å². The quantitative estimate of drug-likeness (QED) is 0.238. The van der Waals surface area contributed by atoms with Gasteiger partial charge in [0.1, 0.15) is 5.60 Å². The summed E-state index contributed by atoms with van der Waals surface area (Å²) in [6.45, 7) is 9.57. The van der Waals surface area contributed by atoms with E-state index in [1.165, 1.54) is 5.56 Å². The SMILES string of the molecule is CC(C)(C)c1ccc([C@H](O)CCCN2CCC(C(O)(c3ccccc3)c3ccccc3)CC2)cc1.O=[N+]([O-])O. The first kappa shape index (κ1) is 30.3. The molecule has 0 aromatic heterocycles. The Morgan fingerprint density at radius 1 is 0.872 bits per heavy atom. The highest BCUT2D eigenvalue weighted by molar-refractivity contribution is 5.37. The van der Waals surface area contributed by atoms with Crippen molar-refractivity contribution < 1.29 is 20.5 Å². The first-order valence-electron chi connectivity index (χ1n) is 13.7. The van der Waals surface area contributed by atoms with Crippen molar-refractivity contribution in [2.24, 2.45) is 5.92 Å². The predicted octanol–water partition coefficient (Wildman–Crippen LogP) is 6.10. The minimum atomic E-state index is -1.50. The number of aliphatic hydroxyl groups is 2. The van der Waals surface area contributed by atoms with Gasteiger partial charge in [-0.1, -0.05) is 106 Å². The molecule has 39 heavy (non-hydrogen) atoms. The van der Waals surface area contributed by atoms with Gasteiger partial charge in [-0.05, 0) is 78.9 Å². The van der Waals surface area contributed by atoms with Crippen LogP contribution in [-0.2, 0) is 11.0 Å². The Balaban J connectivity index is 0.000000983. The zero-order valence-corrected chi connectivity index (χ0v) is 23.2. The topological polar surface area (TPSA) is 107 Å². The van der Waals surface area contributed by atoms with Gasteiger partial charge in [-0.25, -0.2) is 0 Å². The van der Waals surface area contributed by atoms with Gasteiger partial charge in [0.25, 0.3) is 5.09 Å². The molecular weight excluding hydrogens is 492 g/mol. The van der Waals surface area contributed by atoms with E-state index in [-0.39, 0.29) is 11.3 Å². The molecule has 1 fully saturated rings. The molecule has 1 atom stereocenters. The van der Waals surface area contributed by atoms with Crippen LogP contribution in [0.5, 0.6) is 0 Å². The van der Waals surface area contributed by atoms with E-state index in [0.29, 0.717) is 0 Å². The van der Waals surface area contributed by atoms with Crippen LogP contribution in [0.3, 0.4) is 0 Å². The predicted molar refractivity (Wildman–Crippen MR) is 153 cm³/mol. The van der Waals surface area contributed by atoms with Crippen molar-refractivity contribution >= 4 is 0 Å². The van der Waals surface area contributed by atoms with Crippen molar-refractivity contribution in [2.45, 2.75) is 63.6 Å². The molecule has 1 heterocycles. The summed E-state index contributed by atoms with van der Waals surface area (Å²) in [5.74, 6) is 0.176. The third-order valence-electron chi connectivity index (χ3n) is 7.72. The molecule has 3 aromatic carbocycles. The zero-order valence-electron chi connectivity index (χ0n) is 23.2. The van der Waals surface area contributed by atoms with Gasteiger partial charge < -0.3 is 20.3 Å². The van der Waals surface area contributed by atoms with Gasteiger partial charge in [0.05, 0.1) is 6.10 Å². The minimum absolute atomic E-state index is 0.128. The summed E-state index contributed by atoms with van der Waals surface area (Å²) in [5.41, 5.74) is 3.41. The molecular formula is C32H42N2O5. The molecule has 1 aliphatic heterocycles. The highest BCUT2D eigenvalue weighted by atomic mass is 16.9. The van der Waals surface area contributed by atoms with Crippen LogP contribution in [0, 0.1) is 16.0 Å². The van der Waals surface area contributed by atoms with Gasteiger partial charge in [0, 0.05) is 0 Å². The van der Waals surface area contributed by atoms with E-state index >= 15 is 0 Å². The molecule has 3 N–H and O–H groups in total. The van der Waals surface area contributed by atoms with E-state index in [0.717, 1.165) is 62.0 Å². The van der Waals surface area contributed by atoms with Gasteiger partial charge in [-0.3, -0.25) is 0 Å². The summed E-state index contributed by atoms with van der Waals surface area (Å²) >= 11 is 0. The van der Waals surface area contributed by atoms with E-state index in [9.17, 15) is 10.2 Å².